The molecule has 2 saturated heterocycles. The van der Waals surface area contributed by atoms with Crippen LogP contribution in [0.2, 0.25) is 0 Å². The minimum Gasteiger partial charge on any atom is -0.428 e. The van der Waals surface area contributed by atoms with E-state index in [1.165, 1.54) is 28.7 Å². The van der Waals surface area contributed by atoms with Gasteiger partial charge in [-0.15, -0.1) is 11.8 Å². The molecule has 42 heavy (non-hydrogen) atoms. The number of benzene rings is 2. The summed E-state index contributed by atoms with van der Waals surface area (Å²) in [6.07, 6.45) is -0.427. The molecular weight excluding hydrogens is 572 g/mol. The minimum absolute atomic E-state index is 0.113. The van der Waals surface area contributed by atoms with Gasteiger partial charge in [0, 0.05) is 41.4 Å². The molecule has 0 radical (unpaired) electrons. The number of pyridine rings is 1. The second kappa shape index (κ2) is 10.7. The van der Waals surface area contributed by atoms with Gasteiger partial charge >= 0.3 is 6.16 Å². The molecule has 3 aromatic rings. The summed E-state index contributed by atoms with van der Waals surface area (Å²) in [4.78, 5) is 42.2. The highest BCUT2D eigenvalue weighted by atomic mass is 32.2. The van der Waals surface area contributed by atoms with Crippen LogP contribution in [-0.2, 0) is 20.0 Å². The third-order valence-corrected chi connectivity index (χ3v) is 8.98. The van der Waals surface area contributed by atoms with E-state index in [1.54, 1.807) is 16.0 Å². The molecule has 10 nitrogen and oxygen atoms in total. The average molecular weight is 598 g/mol. The molecule has 2 fully saturated rings. The average Bonchev–Trinajstić information content (AvgIpc) is 3.44. The third kappa shape index (κ3) is 4.43. The van der Waals surface area contributed by atoms with Crippen molar-refractivity contribution in [1.29, 1.82) is 0 Å². The van der Waals surface area contributed by atoms with E-state index in [9.17, 15) is 18.8 Å². The Bertz CT molecular complexity index is 1640. The number of hydrogen-bond donors (Lipinski definition) is 0. The van der Waals surface area contributed by atoms with Crippen molar-refractivity contribution in [2.75, 3.05) is 38.0 Å². The summed E-state index contributed by atoms with van der Waals surface area (Å²) in [5, 5.41) is 1.80. The van der Waals surface area contributed by atoms with Gasteiger partial charge in [-0.1, -0.05) is 24.3 Å². The van der Waals surface area contributed by atoms with Crippen LogP contribution in [0.3, 0.4) is 0 Å². The second-order valence-electron chi connectivity index (χ2n) is 10.3. The van der Waals surface area contributed by atoms with Crippen molar-refractivity contribution in [2.24, 2.45) is 0 Å². The molecule has 0 unspecified atom stereocenters. The molecule has 13 heteroatoms. The van der Waals surface area contributed by atoms with Crippen LogP contribution in [0.5, 0.6) is 5.75 Å². The van der Waals surface area contributed by atoms with Crippen LogP contribution in [0.4, 0.5) is 13.6 Å². The van der Waals surface area contributed by atoms with E-state index in [1.807, 2.05) is 24.3 Å². The normalized spacial score (nSPS) is 22.9. The summed E-state index contributed by atoms with van der Waals surface area (Å²) < 4.78 is 53.0. The molecule has 5 heterocycles. The van der Waals surface area contributed by atoms with Crippen molar-refractivity contribution in [3.63, 3.8) is 0 Å². The number of fused-ring (bicyclic) bond motifs is 4. The first-order chi connectivity index (χ1) is 20.4. The predicted octanol–water partition coefficient (Wildman–Crippen LogP) is 3.58. The van der Waals surface area contributed by atoms with Crippen molar-refractivity contribution in [3.8, 4) is 5.75 Å². The Balaban J connectivity index is 1.42. The number of amides is 1. The maximum Gasteiger partial charge on any atom is 0.514 e. The molecular formula is C29H25F2N3O7S. The number of morpholine rings is 1. The minimum atomic E-state index is -1.13. The van der Waals surface area contributed by atoms with Gasteiger partial charge in [0.2, 0.25) is 11.2 Å². The van der Waals surface area contributed by atoms with Gasteiger partial charge in [0.1, 0.15) is 12.3 Å². The lowest BCUT2D eigenvalue weighted by atomic mass is 9.93. The molecule has 4 aliphatic heterocycles. The largest absolute Gasteiger partial charge is 0.514 e. The van der Waals surface area contributed by atoms with Gasteiger partial charge in [0.25, 0.3) is 5.91 Å². The number of rotatable bonds is 3. The Kier molecular flexibility index (Phi) is 6.87. The van der Waals surface area contributed by atoms with Gasteiger partial charge in [0.05, 0.1) is 32.5 Å². The predicted molar refractivity (Wildman–Crippen MR) is 145 cm³/mol. The molecule has 0 spiro atoms. The van der Waals surface area contributed by atoms with E-state index in [4.69, 9.17) is 18.9 Å². The van der Waals surface area contributed by atoms with Gasteiger partial charge in [-0.05, 0) is 23.3 Å². The molecule has 0 N–H and O–H groups in total. The van der Waals surface area contributed by atoms with Crippen molar-refractivity contribution in [2.45, 2.75) is 35.4 Å². The first-order valence-electron chi connectivity index (χ1n) is 13.5. The molecule has 2 aromatic carbocycles. The van der Waals surface area contributed by atoms with Crippen molar-refractivity contribution in [1.82, 2.24) is 9.58 Å². The fraction of sp³-hybridized carbons (Fsp3) is 0.345. The number of ether oxygens (including phenoxy) is 4. The van der Waals surface area contributed by atoms with Crippen LogP contribution < -0.4 is 15.2 Å². The molecule has 4 aliphatic rings. The van der Waals surface area contributed by atoms with E-state index in [0.717, 1.165) is 16.5 Å². The zero-order valence-corrected chi connectivity index (χ0v) is 23.0. The molecule has 7 rings (SSSR count). The number of nitrogens with zero attached hydrogens (tertiary/aromatic N) is 3. The van der Waals surface area contributed by atoms with Crippen LogP contribution in [-0.4, -0.2) is 66.9 Å². The van der Waals surface area contributed by atoms with Crippen LogP contribution in [0.1, 0.15) is 39.6 Å². The first-order valence-corrected chi connectivity index (χ1v) is 14.5. The van der Waals surface area contributed by atoms with Crippen LogP contribution in [0.15, 0.2) is 58.4 Å². The SMILES string of the molecule is O=C(Oc1c2n(ccc1=O)N([C@@H]1c3ccccc3SCc3c1ccc(F)c3F)[C@@H]1COCCN1C2=O)O[C@@H]1CCOC1. The van der Waals surface area contributed by atoms with Gasteiger partial charge in [-0.3, -0.25) is 19.3 Å². The summed E-state index contributed by atoms with van der Waals surface area (Å²) in [5.41, 5.74) is 0.617. The lowest BCUT2D eigenvalue weighted by molar-refractivity contribution is -0.0199. The highest BCUT2D eigenvalue weighted by Gasteiger charge is 2.46. The molecule has 0 aliphatic carbocycles. The van der Waals surface area contributed by atoms with Gasteiger partial charge in [-0.2, -0.15) is 0 Å². The third-order valence-electron chi connectivity index (χ3n) is 7.87. The number of thioether (sulfide) groups is 1. The Labute approximate surface area is 242 Å². The van der Waals surface area contributed by atoms with E-state index < -0.39 is 53.2 Å². The Morgan fingerprint density at radius 1 is 1.00 bits per heavy atom. The lowest BCUT2D eigenvalue weighted by Gasteiger charge is -2.51. The summed E-state index contributed by atoms with van der Waals surface area (Å²) in [7, 11) is 0. The summed E-state index contributed by atoms with van der Waals surface area (Å²) >= 11 is 1.38. The fourth-order valence-electron chi connectivity index (χ4n) is 5.92. The van der Waals surface area contributed by atoms with E-state index in [2.05, 4.69) is 0 Å². The number of carbonyl (C=O) groups is 2. The van der Waals surface area contributed by atoms with E-state index >= 15 is 4.39 Å². The Morgan fingerprint density at radius 3 is 2.67 bits per heavy atom. The van der Waals surface area contributed by atoms with Gasteiger partial charge < -0.3 is 23.8 Å². The van der Waals surface area contributed by atoms with Gasteiger partial charge in [0.15, 0.2) is 17.3 Å². The van der Waals surface area contributed by atoms with Crippen molar-refractivity contribution in [3.05, 3.63) is 92.9 Å². The van der Waals surface area contributed by atoms with Crippen LogP contribution in [0.25, 0.3) is 0 Å². The number of hydrogen-bond acceptors (Lipinski definition) is 9. The van der Waals surface area contributed by atoms with E-state index in [-0.39, 0.29) is 43.4 Å². The maximum atomic E-state index is 15.3. The number of halogens is 2. The maximum absolute atomic E-state index is 15.3. The molecule has 218 valence electrons. The monoisotopic (exact) mass is 597 g/mol. The molecule has 0 bridgehead atoms. The van der Waals surface area contributed by atoms with Gasteiger partial charge in [-0.25, -0.2) is 13.6 Å². The summed E-state index contributed by atoms with van der Waals surface area (Å²) in [6.45, 7) is 1.20. The molecule has 3 atom stereocenters. The summed E-state index contributed by atoms with van der Waals surface area (Å²) in [5.74, 6) is -2.73. The highest BCUT2D eigenvalue weighted by Crippen LogP contribution is 2.45. The Morgan fingerprint density at radius 2 is 1.83 bits per heavy atom. The zero-order valence-electron chi connectivity index (χ0n) is 22.2. The first kappa shape index (κ1) is 26.9. The smallest absolute Gasteiger partial charge is 0.428 e. The molecule has 1 amide bonds. The molecule has 1 aromatic heterocycles. The van der Waals surface area contributed by atoms with Crippen LogP contribution in [0, 0.1) is 11.6 Å². The number of carbonyl (C=O) groups excluding carboxylic acids is 2. The highest BCUT2D eigenvalue weighted by molar-refractivity contribution is 7.98. The standard InChI is InChI=1S/C29H25F2N3O7S/c30-20-6-5-17-19(24(20)31)15-42-22-4-2-1-3-18(22)25(17)34-23-14-39-12-10-32(23)28(36)26-27(21(35)7-9-33(26)34)41-29(37)40-16-8-11-38-13-16/h1-7,9,16,23,25H,8,10-15H2/t16-,23-,25+/m1/s1. The number of aromatic nitrogens is 1. The quantitative estimate of drug-likeness (QED) is 0.420. The van der Waals surface area contributed by atoms with Crippen LogP contribution >= 0.6 is 11.8 Å². The Hall–Kier alpha value is -3.94. The topological polar surface area (TPSA) is 99.5 Å². The summed E-state index contributed by atoms with van der Waals surface area (Å²) in [6, 6.07) is 10.6. The molecule has 0 saturated carbocycles. The fourth-order valence-corrected chi connectivity index (χ4v) is 7.03. The van der Waals surface area contributed by atoms with Crippen molar-refractivity contribution >= 4 is 23.8 Å². The lowest BCUT2D eigenvalue weighted by Crippen LogP contribution is -2.66. The van der Waals surface area contributed by atoms with E-state index in [0.29, 0.717) is 18.6 Å². The zero-order chi connectivity index (χ0) is 29.0. The van der Waals surface area contributed by atoms with Crippen molar-refractivity contribution < 1.29 is 37.3 Å². The second-order valence-corrected chi connectivity index (χ2v) is 11.3.